The average molecular weight is 535 g/mol. The van der Waals surface area contributed by atoms with Gasteiger partial charge in [0.05, 0.1) is 13.2 Å². The van der Waals surface area contributed by atoms with Gasteiger partial charge in [-0.1, -0.05) is 30.3 Å². The lowest BCUT2D eigenvalue weighted by atomic mass is 9.86. The van der Waals surface area contributed by atoms with Crippen LogP contribution in [0.1, 0.15) is 37.1 Å². The Bertz CT molecular complexity index is 1130. The van der Waals surface area contributed by atoms with E-state index in [-0.39, 0.29) is 38.8 Å². The summed E-state index contributed by atoms with van der Waals surface area (Å²) < 4.78 is 34.1. The van der Waals surface area contributed by atoms with Crippen molar-refractivity contribution in [1.29, 1.82) is 0 Å². The van der Waals surface area contributed by atoms with Crippen LogP contribution in [0.15, 0.2) is 36.7 Å². The SMILES string of the molecule is COC[C@@H](NC(=O)C1CCCC(F)(F)C1)C(=O)N[C@H](Cc1ccccc1)C(=O)C(=O)NCc1ncn(C)n1. The number of hydrogen-bond donors (Lipinski definition) is 3. The van der Waals surface area contributed by atoms with Crippen molar-refractivity contribution >= 4 is 23.5 Å². The molecule has 3 rings (SSSR count). The molecule has 38 heavy (non-hydrogen) atoms. The van der Waals surface area contributed by atoms with Crippen LogP contribution >= 0.6 is 0 Å². The molecule has 1 fully saturated rings. The Morgan fingerprint density at radius 3 is 2.53 bits per heavy atom. The molecule has 11 nitrogen and oxygen atoms in total. The van der Waals surface area contributed by atoms with E-state index in [1.54, 1.807) is 37.4 Å². The van der Waals surface area contributed by atoms with Gasteiger partial charge in [0.2, 0.25) is 23.5 Å². The van der Waals surface area contributed by atoms with Crippen LogP contribution in [0.3, 0.4) is 0 Å². The van der Waals surface area contributed by atoms with E-state index in [0.29, 0.717) is 11.4 Å². The number of alkyl halides is 2. The highest BCUT2D eigenvalue weighted by Gasteiger charge is 2.40. The summed E-state index contributed by atoms with van der Waals surface area (Å²) in [4.78, 5) is 55.5. The van der Waals surface area contributed by atoms with Crippen molar-refractivity contribution in [3.05, 3.63) is 48.0 Å². The summed E-state index contributed by atoms with van der Waals surface area (Å²) in [5.74, 6) is -6.91. The second-order valence-corrected chi connectivity index (χ2v) is 9.30. The molecule has 206 valence electrons. The van der Waals surface area contributed by atoms with Gasteiger partial charge >= 0.3 is 0 Å². The molecule has 0 spiro atoms. The van der Waals surface area contributed by atoms with Gasteiger partial charge in [0, 0.05) is 39.3 Å². The highest BCUT2D eigenvalue weighted by Crippen LogP contribution is 2.36. The number of nitrogens with zero attached hydrogens (tertiary/aromatic N) is 3. The van der Waals surface area contributed by atoms with Gasteiger partial charge in [0.25, 0.3) is 5.91 Å². The summed E-state index contributed by atoms with van der Waals surface area (Å²) in [6.45, 7) is -0.351. The summed E-state index contributed by atoms with van der Waals surface area (Å²) >= 11 is 0. The van der Waals surface area contributed by atoms with E-state index in [4.69, 9.17) is 4.74 Å². The van der Waals surface area contributed by atoms with Gasteiger partial charge in [0.1, 0.15) is 18.4 Å². The number of nitrogens with one attached hydrogen (secondary N) is 3. The molecule has 1 aromatic heterocycles. The molecule has 0 bridgehead atoms. The molecule has 3 amide bonds. The Morgan fingerprint density at radius 1 is 1.16 bits per heavy atom. The summed E-state index contributed by atoms with van der Waals surface area (Å²) in [5, 5.41) is 11.5. The monoisotopic (exact) mass is 534 g/mol. The van der Waals surface area contributed by atoms with Crippen molar-refractivity contribution in [3.8, 4) is 0 Å². The third kappa shape index (κ3) is 8.40. The molecule has 1 aromatic carbocycles. The minimum Gasteiger partial charge on any atom is -0.382 e. The van der Waals surface area contributed by atoms with Crippen LogP contribution in [0, 0.1) is 5.92 Å². The quantitative estimate of drug-likeness (QED) is 0.340. The van der Waals surface area contributed by atoms with Crippen LogP contribution in [-0.4, -0.2) is 70.0 Å². The molecule has 0 aliphatic heterocycles. The smallest absolute Gasteiger partial charge is 0.289 e. The molecular formula is C25H32F2N6O5. The Kier molecular flexibility index (Phi) is 9.99. The lowest BCUT2D eigenvalue weighted by Crippen LogP contribution is -2.56. The first kappa shape index (κ1) is 28.8. The molecule has 1 aliphatic rings. The molecule has 1 aliphatic carbocycles. The van der Waals surface area contributed by atoms with Crippen molar-refractivity contribution < 1.29 is 32.7 Å². The molecule has 1 unspecified atom stereocenters. The highest BCUT2D eigenvalue weighted by molar-refractivity contribution is 6.38. The number of Topliss-reactive ketones (excluding diaryl/α,β-unsaturated/α-hetero) is 1. The number of amides is 3. The van der Waals surface area contributed by atoms with Crippen molar-refractivity contribution in [1.82, 2.24) is 30.7 Å². The molecule has 3 atom stereocenters. The lowest BCUT2D eigenvalue weighted by Gasteiger charge is -2.29. The van der Waals surface area contributed by atoms with Crippen LogP contribution in [-0.2, 0) is 43.9 Å². The number of ketones is 1. The number of methoxy groups -OCH3 is 1. The first-order valence-corrected chi connectivity index (χ1v) is 12.3. The van der Waals surface area contributed by atoms with Crippen LogP contribution < -0.4 is 16.0 Å². The second-order valence-electron chi connectivity index (χ2n) is 9.30. The molecule has 2 aromatic rings. The zero-order chi connectivity index (χ0) is 27.7. The van der Waals surface area contributed by atoms with E-state index in [9.17, 15) is 28.0 Å². The number of hydrogen-bond acceptors (Lipinski definition) is 7. The van der Waals surface area contributed by atoms with Crippen molar-refractivity contribution in [2.24, 2.45) is 13.0 Å². The van der Waals surface area contributed by atoms with Crippen molar-refractivity contribution in [2.45, 2.75) is 56.7 Å². The Hall–Kier alpha value is -3.74. The number of ether oxygens (including phenoxy) is 1. The Morgan fingerprint density at radius 2 is 1.89 bits per heavy atom. The number of carbonyl (C=O) groups is 4. The first-order chi connectivity index (χ1) is 18.1. The van der Waals surface area contributed by atoms with E-state index >= 15 is 0 Å². The molecule has 1 heterocycles. The Balaban J connectivity index is 1.69. The van der Waals surface area contributed by atoms with E-state index < -0.39 is 53.8 Å². The number of carbonyl (C=O) groups excluding carboxylic acids is 4. The highest BCUT2D eigenvalue weighted by atomic mass is 19.3. The molecule has 13 heteroatoms. The number of halogens is 2. The standard InChI is InChI=1S/C25H32F2N6O5/c1-33-15-29-20(32-33)13-28-24(37)21(34)18(11-16-7-4-3-5-8-16)30-23(36)19(14-38-2)31-22(35)17-9-6-10-25(26,27)12-17/h3-5,7-8,15,17-19H,6,9-14H2,1-2H3,(H,28,37)(H,30,36)(H,31,35)/t17?,18-,19-/m1/s1. The predicted molar refractivity (Wildman–Crippen MR) is 131 cm³/mol. The summed E-state index contributed by atoms with van der Waals surface area (Å²) in [6.07, 6.45) is 1.05. The van der Waals surface area contributed by atoms with E-state index in [0.717, 1.165) is 0 Å². The third-order valence-corrected chi connectivity index (χ3v) is 6.17. The number of rotatable bonds is 12. The first-order valence-electron chi connectivity index (χ1n) is 12.3. The van der Waals surface area contributed by atoms with Gasteiger partial charge in [-0.25, -0.2) is 13.8 Å². The van der Waals surface area contributed by atoms with Gasteiger partial charge in [-0.2, -0.15) is 5.10 Å². The number of benzene rings is 1. The number of aryl methyl sites for hydroxylation is 1. The summed E-state index contributed by atoms with van der Waals surface area (Å²) in [5.41, 5.74) is 0.683. The maximum Gasteiger partial charge on any atom is 0.289 e. The summed E-state index contributed by atoms with van der Waals surface area (Å²) in [6, 6.07) is 6.23. The lowest BCUT2D eigenvalue weighted by molar-refractivity contribution is -0.141. The topological polar surface area (TPSA) is 144 Å². The van der Waals surface area contributed by atoms with Gasteiger partial charge < -0.3 is 20.7 Å². The van der Waals surface area contributed by atoms with Gasteiger partial charge in [-0.3, -0.25) is 23.9 Å². The van der Waals surface area contributed by atoms with Crippen LogP contribution in [0.4, 0.5) is 8.78 Å². The largest absolute Gasteiger partial charge is 0.382 e. The molecule has 0 saturated heterocycles. The Labute approximate surface area is 218 Å². The van der Waals surface area contributed by atoms with Gasteiger partial charge in [-0.15, -0.1) is 0 Å². The van der Waals surface area contributed by atoms with E-state index in [1.165, 1.54) is 18.1 Å². The zero-order valence-electron chi connectivity index (χ0n) is 21.3. The van der Waals surface area contributed by atoms with E-state index in [1.807, 2.05) is 0 Å². The zero-order valence-corrected chi connectivity index (χ0v) is 21.3. The molecule has 0 radical (unpaired) electrons. The maximum absolute atomic E-state index is 13.8. The fraction of sp³-hybridized carbons (Fsp3) is 0.520. The second kappa shape index (κ2) is 13.2. The fourth-order valence-electron chi connectivity index (χ4n) is 4.24. The van der Waals surface area contributed by atoms with Crippen molar-refractivity contribution in [2.75, 3.05) is 13.7 Å². The maximum atomic E-state index is 13.8. The number of aromatic nitrogens is 3. The predicted octanol–water partition coefficient (Wildman–Crippen LogP) is 0.685. The summed E-state index contributed by atoms with van der Waals surface area (Å²) in [7, 11) is 2.97. The minimum absolute atomic E-state index is 0.00314. The van der Waals surface area contributed by atoms with Crippen LogP contribution in [0.5, 0.6) is 0 Å². The third-order valence-electron chi connectivity index (χ3n) is 6.17. The fourth-order valence-corrected chi connectivity index (χ4v) is 4.24. The van der Waals surface area contributed by atoms with Crippen molar-refractivity contribution in [3.63, 3.8) is 0 Å². The van der Waals surface area contributed by atoms with Gasteiger partial charge in [0.15, 0.2) is 5.82 Å². The van der Waals surface area contributed by atoms with Crippen LogP contribution in [0.25, 0.3) is 0 Å². The van der Waals surface area contributed by atoms with Gasteiger partial charge in [-0.05, 0) is 18.4 Å². The van der Waals surface area contributed by atoms with Crippen LogP contribution in [0.2, 0.25) is 0 Å². The average Bonchev–Trinajstić information content (AvgIpc) is 3.31. The normalized spacial score (nSPS) is 18.2. The minimum atomic E-state index is -2.94. The molecular weight excluding hydrogens is 502 g/mol. The molecule has 1 saturated carbocycles. The van der Waals surface area contributed by atoms with E-state index in [2.05, 4.69) is 26.0 Å². The molecule has 3 N–H and O–H groups in total.